The number of hydrogen-bond donors (Lipinski definition) is 0. The standard InChI is InChI=1S/C7H6N.C5H5.Zr/c1-2-4-7-5-3-6-8-7;1-2-4-5-3-1;/h3-6H,1H2;1-5H;/q2*-1;+2. The Kier molecular flexibility index (Phi) is 8.03. The van der Waals surface area contributed by atoms with Gasteiger partial charge in [0.1, 0.15) is 0 Å². The van der Waals surface area contributed by atoms with Gasteiger partial charge in [0.25, 0.3) is 0 Å². The van der Waals surface area contributed by atoms with E-state index in [1.54, 1.807) is 12.3 Å². The molecule has 0 spiro atoms. The van der Waals surface area contributed by atoms with Crippen molar-refractivity contribution in [3.63, 3.8) is 0 Å². The van der Waals surface area contributed by atoms with Crippen LogP contribution in [0.1, 0.15) is 5.69 Å². The van der Waals surface area contributed by atoms with E-state index in [1.807, 2.05) is 42.5 Å². The van der Waals surface area contributed by atoms with Gasteiger partial charge in [-0.1, -0.05) is 18.7 Å². The Bertz CT molecular complexity index is 322. The van der Waals surface area contributed by atoms with Gasteiger partial charge in [-0.05, 0) is 6.08 Å². The molecule has 1 aromatic heterocycles. The summed E-state index contributed by atoms with van der Waals surface area (Å²) in [4.78, 5) is 3.95. The third kappa shape index (κ3) is 5.64. The first-order valence-electron chi connectivity index (χ1n) is 4.03. The molecular weight excluding hydrogens is 249 g/mol. The molecule has 2 heteroatoms. The maximum absolute atomic E-state index is 3.95. The average Bonchev–Trinajstić information content (AvgIpc) is 2.79. The van der Waals surface area contributed by atoms with Gasteiger partial charge >= 0.3 is 26.2 Å². The molecule has 0 aliphatic heterocycles. The predicted molar refractivity (Wildman–Crippen MR) is 55.4 cm³/mol. The number of nitrogens with zero attached hydrogens (tertiary/aromatic N) is 1. The fourth-order valence-electron chi connectivity index (χ4n) is 0.824. The van der Waals surface area contributed by atoms with Crippen LogP contribution in [0.3, 0.4) is 0 Å². The van der Waals surface area contributed by atoms with Gasteiger partial charge in [-0.15, -0.1) is 11.4 Å². The minimum absolute atomic E-state index is 0. The molecule has 1 heterocycles. The molecule has 1 nitrogen and oxygen atoms in total. The molecule has 68 valence electrons. The van der Waals surface area contributed by atoms with Gasteiger partial charge in [-0.25, -0.2) is 12.1 Å². The van der Waals surface area contributed by atoms with Crippen LogP contribution in [0.15, 0.2) is 61.0 Å². The van der Waals surface area contributed by atoms with E-state index in [4.69, 9.17) is 0 Å². The molecule has 0 unspecified atom stereocenters. The quantitative estimate of drug-likeness (QED) is 0.568. The van der Waals surface area contributed by atoms with E-state index in [1.165, 1.54) is 0 Å². The number of rotatable bonds is 1. The normalized spacial score (nSPS) is 7.43. The van der Waals surface area contributed by atoms with E-state index in [9.17, 15) is 0 Å². The first kappa shape index (κ1) is 13.0. The molecular formula is C12H11NZr. The van der Waals surface area contributed by atoms with Crippen molar-refractivity contribution in [1.29, 1.82) is 0 Å². The summed E-state index contributed by atoms with van der Waals surface area (Å²) < 4.78 is 0. The minimum Gasteiger partial charge on any atom is -0.664 e. The van der Waals surface area contributed by atoms with Crippen molar-refractivity contribution in [3.05, 3.63) is 66.7 Å². The van der Waals surface area contributed by atoms with Crippen molar-refractivity contribution >= 4 is 6.08 Å². The van der Waals surface area contributed by atoms with E-state index in [0.717, 1.165) is 5.69 Å². The van der Waals surface area contributed by atoms with Gasteiger partial charge in [-0.3, -0.25) is 0 Å². The molecule has 0 atom stereocenters. The molecule has 0 saturated heterocycles. The Morgan fingerprint density at radius 2 is 2.00 bits per heavy atom. The Labute approximate surface area is 104 Å². The van der Waals surface area contributed by atoms with Crippen LogP contribution in [-0.2, 0) is 26.2 Å². The van der Waals surface area contributed by atoms with Gasteiger partial charge in [0.05, 0.1) is 0 Å². The van der Waals surface area contributed by atoms with E-state index >= 15 is 0 Å². The van der Waals surface area contributed by atoms with Gasteiger partial charge in [0.2, 0.25) is 0 Å². The van der Waals surface area contributed by atoms with Crippen LogP contribution in [0, 0.1) is 0 Å². The van der Waals surface area contributed by atoms with Gasteiger partial charge in [0.15, 0.2) is 0 Å². The maximum Gasteiger partial charge on any atom is 2.00 e. The zero-order valence-electron chi connectivity index (χ0n) is 7.85. The molecule has 0 saturated carbocycles. The Balaban J connectivity index is 0.000000246. The third-order valence-electron chi connectivity index (χ3n) is 1.38. The molecule has 0 fully saturated rings. The Morgan fingerprint density at radius 3 is 2.36 bits per heavy atom. The fourth-order valence-corrected chi connectivity index (χ4v) is 0.824. The van der Waals surface area contributed by atoms with Crippen LogP contribution >= 0.6 is 0 Å². The van der Waals surface area contributed by atoms with Crippen molar-refractivity contribution in [2.24, 2.45) is 0 Å². The van der Waals surface area contributed by atoms with E-state index in [-0.39, 0.29) is 26.2 Å². The zero-order valence-corrected chi connectivity index (χ0v) is 10.3. The van der Waals surface area contributed by atoms with Crippen molar-refractivity contribution in [2.75, 3.05) is 0 Å². The number of hydrogen-bond acceptors (Lipinski definition) is 0. The maximum atomic E-state index is 3.95. The van der Waals surface area contributed by atoms with Crippen LogP contribution in [0.25, 0.3) is 6.08 Å². The Morgan fingerprint density at radius 1 is 1.29 bits per heavy atom. The summed E-state index contributed by atoms with van der Waals surface area (Å²) in [6.45, 7) is 3.42. The molecule has 0 aliphatic carbocycles. The van der Waals surface area contributed by atoms with Crippen molar-refractivity contribution < 1.29 is 26.2 Å². The molecule has 1 aromatic carbocycles. The second kappa shape index (κ2) is 8.62. The summed E-state index contributed by atoms with van der Waals surface area (Å²) in [7, 11) is 0. The van der Waals surface area contributed by atoms with Gasteiger partial charge in [0, 0.05) is 0 Å². The second-order valence-electron chi connectivity index (χ2n) is 2.37. The van der Waals surface area contributed by atoms with Crippen LogP contribution in [0.2, 0.25) is 0 Å². The number of aromatic nitrogens is 1. The van der Waals surface area contributed by atoms with Crippen LogP contribution in [0.5, 0.6) is 0 Å². The topological polar surface area (TPSA) is 14.1 Å². The molecule has 2 aromatic rings. The molecule has 2 rings (SSSR count). The summed E-state index contributed by atoms with van der Waals surface area (Å²) in [6.07, 6.45) is 3.48. The summed E-state index contributed by atoms with van der Waals surface area (Å²) in [6, 6.07) is 13.8. The largest absolute Gasteiger partial charge is 2.00 e. The van der Waals surface area contributed by atoms with E-state index < -0.39 is 0 Å². The smallest absolute Gasteiger partial charge is 0.664 e. The first-order chi connectivity index (χ1) is 6.43. The second-order valence-corrected chi connectivity index (χ2v) is 2.37. The fraction of sp³-hybridized carbons (Fsp3) is 0. The zero-order chi connectivity index (χ0) is 9.36. The van der Waals surface area contributed by atoms with Crippen LogP contribution in [0.4, 0.5) is 0 Å². The van der Waals surface area contributed by atoms with Gasteiger partial charge in [-0.2, -0.15) is 24.4 Å². The third-order valence-corrected chi connectivity index (χ3v) is 1.38. The first-order valence-corrected chi connectivity index (χ1v) is 4.03. The molecule has 0 amide bonds. The molecule has 0 N–H and O–H groups in total. The molecule has 0 aliphatic rings. The molecule has 14 heavy (non-hydrogen) atoms. The molecule has 0 radical (unpaired) electrons. The molecule has 0 bridgehead atoms. The van der Waals surface area contributed by atoms with Crippen molar-refractivity contribution in [1.82, 2.24) is 4.98 Å². The van der Waals surface area contributed by atoms with E-state index in [2.05, 4.69) is 17.3 Å². The summed E-state index contributed by atoms with van der Waals surface area (Å²) in [5.41, 5.74) is 3.55. The van der Waals surface area contributed by atoms with Gasteiger partial charge < -0.3 is 4.98 Å². The summed E-state index contributed by atoms with van der Waals surface area (Å²) in [5, 5.41) is 0. The van der Waals surface area contributed by atoms with E-state index in [0.29, 0.717) is 0 Å². The minimum atomic E-state index is 0. The monoisotopic (exact) mass is 259 g/mol. The van der Waals surface area contributed by atoms with Crippen molar-refractivity contribution in [3.8, 4) is 0 Å². The van der Waals surface area contributed by atoms with Crippen LogP contribution < -0.4 is 4.98 Å². The summed E-state index contributed by atoms with van der Waals surface area (Å²) in [5.74, 6) is 0. The summed E-state index contributed by atoms with van der Waals surface area (Å²) >= 11 is 0. The average molecular weight is 260 g/mol. The Hall–Kier alpha value is -0.967. The SMILES string of the molecule is C=C=Cc1ccc[n-]1.[Zr+2].c1cc[cH-]c1. The predicted octanol–water partition coefficient (Wildman–Crippen LogP) is 2.84. The van der Waals surface area contributed by atoms with Crippen molar-refractivity contribution in [2.45, 2.75) is 0 Å². The van der Waals surface area contributed by atoms with Crippen LogP contribution in [-0.4, -0.2) is 0 Å².